The third-order valence-electron chi connectivity index (χ3n) is 10.4. The molecular formula is C50H65N9O11. The number of unbranched alkanes of at least 4 members (excludes halogenated alkanes) is 2. The summed E-state index contributed by atoms with van der Waals surface area (Å²) in [7, 11) is 0. The molecule has 70 heavy (non-hydrogen) atoms. The van der Waals surface area contributed by atoms with Crippen LogP contribution in [0.3, 0.4) is 0 Å². The van der Waals surface area contributed by atoms with E-state index in [1.165, 1.54) is 6.07 Å². The number of azo groups is 1. The summed E-state index contributed by atoms with van der Waals surface area (Å²) in [6.07, 6.45) is 3.37. The molecular weight excluding hydrogens is 903 g/mol. The Balaban J connectivity index is 0.771. The zero-order valence-corrected chi connectivity index (χ0v) is 39.5. The van der Waals surface area contributed by atoms with E-state index in [1.807, 2.05) is 28.8 Å². The van der Waals surface area contributed by atoms with Crippen LogP contribution in [-0.2, 0) is 46.2 Å². The van der Waals surface area contributed by atoms with Crippen LogP contribution in [0.15, 0.2) is 106 Å². The highest BCUT2D eigenvalue weighted by Gasteiger charge is 2.12. The summed E-state index contributed by atoms with van der Waals surface area (Å²) in [4.78, 5) is 56.8. The van der Waals surface area contributed by atoms with Crippen molar-refractivity contribution in [1.29, 1.82) is 0 Å². The molecule has 8 N–H and O–H groups in total. The Morgan fingerprint density at radius 1 is 0.629 bits per heavy atom. The number of carbonyl (C=O) groups is 4. The number of carbonyl (C=O) groups excluding carboxylic acids is 4. The van der Waals surface area contributed by atoms with Crippen molar-refractivity contribution in [2.75, 3.05) is 98.9 Å². The van der Waals surface area contributed by atoms with Gasteiger partial charge in [0.1, 0.15) is 11.4 Å². The summed E-state index contributed by atoms with van der Waals surface area (Å²) in [6.45, 7) is 6.69. The number of phenols is 1. The molecule has 0 radical (unpaired) electrons. The number of hydrogen-bond donors (Lipinski definition) is 6. The van der Waals surface area contributed by atoms with Gasteiger partial charge in [0.05, 0.1) is 96.0 Å². The van der Waals surface area contributed by atoms with Crippen molar-refractivity contribution in [2.45, 2.75) is 38.6 Å². The number of aryl methyl sites for hydroxylation is 1. The van der Waals surface area contributed by atoms with Gasteiger partial charge in [0.25, 0.3) is 11.8 Å². The molecule has 20 nitrogen and oxygen atoms in total. The molecule has 0 bridgehead atoms. The van der Waals surface area contributed by atoms with Gasteiger partial charge in [-0.25, -0.2) is 0 Å². The molecule has 1 aromatic heterocycles. The third-order valence-corrected chi connectivity index (χ3v) is 10.4. The number of rotatable bonds is 34. The molecule has 0 spiro atoms. The predicted octanol–water partition coefficient (Wildman–Crippen LogP) is 4.64. The molecule has 0 atom stereocenters. The summed E-state index contributed by atoms with van der Waals surface area (Å²) in [5.74, 6) is -1.39. The molecule has 0 aliphatic carbocycles. The van der Waals surface area contributed by atoms with Gasteiger partial charge in [0.15, 0.2) is 0 Å². The molecule has 0 aliphatic heterocycles. The zero-order valence-electron chi connectivity index (χ0n) is 39.5. The van der Waals surface area contributed by atoms with E-state index in [-0.39, 0.29) is 35.1 Å². The van der Waals surface area contributed by atoms with Gasteiger partial charge in [-0.05, 0) is 105 Å². The van der Waals surface area contributed by atoms with Crippen molar-refractivity contribution >= 4 is 46.0 Å². The Morgan fingerprint density at radius 3 is 1.94 bits per heavy atom. The Morgan fingerprint density at radius 2 is 1.27 bits per heavy atom. The third kappa shape index (κ3) is 19.8. The molecule has 0 fully saturated rings. The maximum atomic E-state index is 13.0. The number of aromatic nitrogens is 2. The second-order valence-corrected chi connectivity index (χ2v) is 15.7. The van der Waals surface area contributed by atoms with E-state index in [4.69, 9.17) is 39.9 Å². The number of amides is 4. The number of fused-ring (bicyclic) bond motifs is 1. The predicted molar refractivity (Wildman–Crippen MR) is 261 cm³/mol. The smallest absolute Gasteiger partial charge is 0.280 e. The standard InChI is InChI=1S/C50H65N9O11/c51-19-17-37-11-16-45(60)43(35-37)58-57-41-14-12-38(13-15-41)48(63)54-21-24-66-26-28-68-30-32-70-34-33-69-31-29-67-27-25-65-23-18-46(61)53-20-4-1-5-22-59-44-10-3-2-9-42(44)55-50(59)56-49(64)40-8-6-7-39(36-40)47(52)62/h2-3,6-16,35-36,60H,1,4-5,17-34,51H2,(H2,52,62)(H,53,61)(H,54,63)(H,55,56,64)/b58-57+. The minimum atomic E-state index is -0.617. The fraction of sp³-hybridized carbons (Fsp3) is 0.420. The number of primary amides is 1. The number of ether oxygens (including phenoxy) is 6. The average Bonchev–Trinajstić information content (AvgIpc) is 3.71. The summed E-state index contributed by atoms with van der Waals surface area (Å²) in [6, 6.07) is 25.6. The second-order valence-electron chi connectivity index (χ2n) is 15.7. The number of para-hydroxylation sites is 2. The Hall–Kier alpha value is -6.65. The van der Waals surface area contributed by atoms with Crippen LogP contribution in [0.25, 0.3) is 11.0 Å². The number of imidazole rings is 1. The quantitative estimate of drug-likeness (QED) is 0.0243. The number of benzene rings is 4. The van der Waals surface area contributed by atoms with Crippen molar-refractivity contribution in [1.82, 2.24) is 20.2 Å². The van der Waals surface area contributed by atoms with Crippen LogP contribution in [0.4, 0.5) is 11.4 Å². The summed E-state index contributed by atoms with van der Waals surface area (Å²) >= 11 is 0. The SMILES string of the molecule is NCCc1ccc(O)c(/N=N/c2ccc(C(=O)NCCOCCOCCOCCOCCOCCOCCC(=O)NCCCCCn3/c(=N/C(=O)c4cccc(C(N)=O)c4)[nH]c4ccccc43)cc2)c1. The van der Waals surface area contributed by atoms with Gasteiger partial charge in [-0.2, -0.15) is 10.1 Å². The lowest BCUT2D eigenvalue weighted by atomic mass is 10.1. The number of H-pyrrole nitrogens is 1. The highest BCUT2D eigenvalue weighted by atomic mass is 16.6. The number of aromatic amines is 1. The van der Waals surface area contributed by atoms with Crippen LogP contribution in [0, 0.1) is 0 Å². The van der Waals surface area contributed by atoms with E-state index in [9.17, 15) is 24.3 Å². The van der Waals surface area contributed by atoms with E-state index < -0.39 is 11.8 Å². The first-order valence-corrected chi connectivity index (χ1v) is 23.4. The average molecular weight is 968 g/mol. The van der Waals surface area contributed by atoms with Crippen molar-refractivity contribution in [3.8, 4) is 5.75 Å². The lowest BCUT2D eigenvalue weighted by Crippen LogP contribution is -2.27. The first-order chi connectivity index (χ1) is 34.2. The minimum Gasteiger partial charge on any atom is -0.506 e. The summed E-state index contributed by atoms with van der Waals surface area (Å²) in [5.41, 5.74) is 16.0. The Labute approximate surface area is 406 Å². The molecule has 0 saturated carbocycles. The molecule has 0 unspecified atom stereocenters. The maximum absolute atomic E-state index is 13.0. The van der Waals surface area contributed by atoms with E-state index >= 15 is 0 Å². The van der Waals surface area contributed by atoms with Gasteiger partial charge >= 0.3 is 0 Å². The summed E-state index contributed by atoms with van der Waals surface area (Å²) in [5, 5.41) is 24.1. The van der Waals surface area contributed by atoms with Crippen molar-refractivity contribution in [3.63, 3.8) is 0 Å². The van der Waals surface area contributed by atoms with Crippen molar-refractivity contribution in [2.24, 2.45) is 26.7 Å². The van der Waals surface area contributed by atoms with Gasteiger partial charge in [0.2, 0.25) is 17.4 Å². The second kappa shape index (κ2) is 31.5. The van der Waals surface area contributed by atoms with Gasteiger partial charge in [-0.1, -0.05) is 24.3 Å². The van der Waals surface area contributed by atoms with Crippen molar-refractivity contribution in [3.05, 3.63) is 119 Å². The molecule has 5 aromatic rings. The van der Waals surface area contributed by atoms with Crippen LogP contribution < -0.4 is 27.7 Å². The van der Waals surface area contributed by atoms with E-state index in [2.05, 4.69) is 30.8 Å². The molecule has 0 aliphatic rings. The van der Waals surface area contributed by atoms with Gasteiger partial charge in [0, 0.05) is 42.7 Å². The molecule has 4 aromatic carbocycles. The van der Waals surface area contributed by atoms with Crippen molar-refractivity contribution < 1.29 is 52.7 Å². The summed E-state index contributed by atoms with van der Waals surface area (Å²) < 4.78 is 35.1. The normalized spacial score (nSPS) is 11.7. The molecule has 1 heterocycles. The van der Waals surface area contributed by atoms with Gasteiger partial charge in [-0.15, -0.1) is 5.11 Å². The minimum absolute atomic E-state index is 0.0246. The van der Waals surface area contributed by atoms with Gasteiger partial charge < -0.3 is 65.2 Å². The van der Waals surface area contributed by atoms with Crippen LogP contribution in [0.2, 0.25) is 0 Å². The van der Waals surface area contributed by atoms with Crippen LogP contribution in [-0.4, -0.2) is 137 Å². The van der Waals surface area contributed by atoms with Gasteiger partial charge in [-0.3, -0.25) is 19.2 Å². The number of phenolic OH excluding ortho intramolecular Hbond substituents is 1. The molecule has 5 rings (SSSR count). The largest absolute Gasteiger partial charge is 0.506 e. The molecule has 0 saturated heterocycles. The number of nitrogens with two attached hydrogens (primary N) is 2. The number of aromatic hydroxyl groups is 1. The molecule has 20 heteroatoms. The van der Waals surface area contributed by atoms with Crippen LogP contribution in [0.5, 0.6) is 5.75 Å². The Kier molecular flexibility index (Phi) is 24.4. The fourth-order valence-corrected chi connectivity index (χ4v) is 6.75. The Bertz CT molecular complexity index is 2490. The lowest BCUT2D eigenvalue weighted by Gasteiger charge is -2.09. The zero-order chi connectivity index (χ0) is 49.6. The monoisotopic (exact) mass is 967 g/mol. The van der Waals surface area contributed by atoms with Crippen LogP contribution >= 0.6 is 0 Å². The highest BCUT2D eigenvalue weighted by Crippen LogP contribution is 2.29. The maximum Gasteiger partial charge on any atom is 0.280 e. The topological polar surface area (TPSA) is 278 Å². The van der Waals surface area contributed by atoms with E-state index in [1.54, 1.807) is 60.7 Å². The first-order valence-electron chi connectivity index (χ1n) is 23.4. The fourth-order valence-electron chi connectivity index (χ4n) is 6.75. The number of hydrogen-bond acceptors (Lipinski definition) is 14. The molecule has 4 amide bonds. The molecule has 376 valence electrons. The highest BCUT2D eigenvalue weighted by molar-refractivity contribution is 5.99. The first kappa shape index (κ1) is 54.3. The number of nitrogens with one attached hydrogen (secondary N) is 3. The van der Waals surface area contributed by atoms with E-state index in [0.29, 0.717) is 134 Å². The lowest BCUT2D eigenvalue weighted by molar-refractivity contribution is -0.122. The van der Waals surface area contributed by atoms with Crippen LogP contribution in [0.1, 0.15) is 62.3 Å². The van der Waals surface area contributed by atoms with E-state index in [0.717, 1.165) is 35.9 Å². The number of nitrogens with zero attached hydrogens (tertiary/aromatic N) is 4.